The zero-order valence-electron chi connectivity index (χ0n) is 8.60. The first-order chi connectivity index (χ1) is 7.70. The van der Waals surface area contributed by atoms with E-state index in [1.54, 1.807) is 10.9 Å². The summed E-state index contributed by atoms with van der Waals surface area (Å²) in [4.78, 5) is 0. The van der Waals surface area contributed by atoms with Crippen LogP contribution >= 0.6 is 11.6 Å². The van der Waals surface area contributed by atoms with Gasteiger partial charge >= 0.3 is 0 Å². The zero-order chi connectivity index (χ0) is 11.5. The van der Waals surface area contributed by atoms with Crippen LogP contribution in [0.1, 0.15) is 11.1 Å². The van der Waals surface area contributed by atoms with Crippen LogP contribution in [0.2, 0.25) is 5.02 Å². The lowest BCUT2D eigenvalue weighted by Gasteiger charge is -2.05. The van der Waals surface area contributed by atoms with Gasteiger partial charge in [0.1, 0.15) is 5.82 Å². The molecule has 0 saturated heterocycles. The fraction of sp³-hybridized carbons (Fsp3) is 0.182. The highest BCUT2D eigenvalue weighted by atomic mass is 35.5. The molecule has 0 aliphatic rings. The molecule has 4 nitrogen and oxygen atoms in total. The number of hydrogen-bond acceptors (Lipinski definition) is 3. The Hall–Kier alpha value is -1.52. The highest BCUT2D eigenvalue weighted by Gasteiger charge is 2.06. The van der Waals surface area contributed by atoms with Crippen molar-refractivity contribution < 1.29 is 5.11 Å². The average Bonchev–Trinajstić information content (AvgIpc) is 2.60. The number of nitrogens with two attached hydrogens (primary N) is 1. The van der Waals surface area contributed by atoms with E-state index in [1.165, 1.54) is 0 Å². The number of hydrogen-bond donors (Lipinski definition) is 2. The van der Waals surface area contributed by atoms with Crippen LogP contribution < -0.4 is 5.73 Å². The number of aliphatic hydroxyl groups excluding tert-OH is 1. The minimum atomic E-state index is -0.0959. The summed E-state index contributed by atoms with van der Waals surface area (Å²) in [5.74, 6) is 0.488. The summed E-state index contributed by atoms with van der Waals surface area (Å²) in [6.07, 6.45) is 1.57. The monoisotopic (exact) mass is 237 g/mol. The van der Waals surface area contributed by atoms with Gasteiger partial charge in [0, 0.05) is 10.6 Å². The molecule has 0 bridgehead atoms. The Morgan fingerprint density at radius 3 is 2.88 bits per heavy atom. The number of nitrogen functional groups attached to an aromatic ring is 1. The van der Waals surface area contributed by atoms with Crippen molar-refractivity contribution in [2.24, 2.45) is 0 Å². The Balaban J connectivity index is 2.24. The van der Waals surface area contributed by atoms with Gasteiger partial charge in [-0.15, -0.1) is 0 Å². The van der Waals surface area contributed by atoms with Crippen molar-refractivity contribution >= 4 is 17.4 Å². The number of halogens is 1. The molecule has 16 heavy (non-hydrogen) atoms. The normalized spacial score (nSPS) is 10.6. The molecule has 1 aromatic carbocycles. The highest BCUT2D eigenvalue weighted by Crippen LogP contribution is 2.15. The minimum Gasteiger partial charge on any atom is -0.391 e. The molecule has 1 aromatic heterocycles. The first-order valence-electron chi connectivity index (χ1n) is 4.86. The standard InChI is InChI=1S/C11H12ClN3O/c12-10-3-1-2-8(4-10)6-15-11(13)9(7-16)5-14-15/h1-5,16H,6-7,13H2. The van der Waals surface area contributed by atoms with Gasteiger partial charge in [-0.3, -0.25) is 0 Å². The number of rotatable bonds is 3. The van der Waals surface area contributed by atoms with Gasteiger partial charge in [-0.05, 0) is 17.7 Å². The smallest absolute Gasteiger partial charge is 0.127 e. The summed E-state index contributed by atoms with van der Waals surface area (Å²) >= 11 is 5.88. The first-order valence-corrected chi connectivity index (χ1v) is 5.24. The van der Waals surface area contributed by atoms with Crippen LogP contribution in [0.5, 0.6) is 0 Å². The summed E-state index contributed by atoms with van der Waals surface area (Å²) in [7, 11) is 0. The van der Waals surface area contributed by atoms with Gasteiger partial charge in [-0.25, -0.2) is 4.68 Å². The molecule has 0 radical (unpaired) electrons. The quantitative estimate of drug-likeness (QED) is 0.853. The predicted molar refractivity (Wildman–Crippen MR) is 63.1 cm³/mol. The van der Waals surface area contributed by atoms with Gasteiger partial charge in [-0.1, -0.05) is 23.7 Å². The van der Waals surface area contributed by atoms with E-state index in [-0.39, 0.29) is 6.61 Å². The Bertz CT molecular complexity index is 496. The van der Waals surface area contributed by atoms with Crippen LogP contribution in [-0.4, -0.2) is 14.9 Å². The second-order valence-electron chi connectivity index (χ2n) is 3.50. The van der Waals surface area contributed by atoms with Crippen molar-refractivity contribution in [2.45, 2.75) is 13.2 Å². The van der Waals surface area contributed by atoms with Gasteiger partial charge in [0.05, 0.1) is 19.3 Å². The number of aliphatic hydroxyl groups is 1. The zero-order valence-corrected chi connectivity index (χ0v) is 9.35. The van der Waals surface area contributed by atoms with E-state index in [0.717, 1.165) is 5.56 Å². The van der Waals surface area contributed by atoms with Crippen molar-refractivity contribution in [3.05, 3.63) is 46.6 Å². The third-order valence-electron chi connectivity index (χ3n) is 2.35. The Morgan fingerprint density at radius 2 is 2.25 bits per heavy atom. The molecule has 0 spiro atoms. The number of benzene rings is 1. The van der Waals surface area contributed by atoms with Gasteiger partial charge < -0.3 is 10.8 Å². The van der Waals surface area contributed by atoms with E-state index in [4.69, 9.17) is 22.4 Å². The number of aromatic nitrogens is 2. The molecule has 3 N–H and O–H groups in total. The maximum Gasteiger partial charge on any atom is 0.127 e. The Morgan fingerprint density at radius 1 is 1.44 bits per heavy atom. The highest BCUT2D eigenvalue weighted by molar-refractivity contribution is 6.30. The lowest BCUT2D eigenvalue weighted by molar-refractivity contribution is 0.282. The molecular weight excluding hydrogens is 226 g/mol. The summed E-state index contributed by atoms with van der Waals surface area (Å²) in [6, 6.07) is 7.51. The van der Waals surface area contributed by atoms with Crippen LogP contribution in [0.3, 0.4) is 0 Å². The van der Waals surface area contributed by atoms with Crippen LogP contribution in [0.25, 0.3) is 0 Å². The van der Waals surface area contributed by atoms with Gasteiger partial charge in [0.25, 0.3) is 0 Å². The number of anilines is 1. The minimum absolute atomic E-state index is 0.0959. The molecule has 0 atom stereocenters. The molecule has 0 amide bonds. The second kappa shape index (κ2) is 4.55. The van der Waals surface area contributed by atoms with E-state index < -0.39 is 0 Å². The lowest BCUT2D eigenvalue weighted by Crippen LogP contribution is -2.06. The molecule has 0 fully saturated rings. The molecule has 0 unspecified atom stereocenters. The van der Waals surface area contributed by atoms with Gasteiger partial charge in [-0.2, -0.15) is 5.10 Å². The molecule has 2 aromatic rings. The van der Waals surface area contributed by atoms with Crippen molar-refractivity contribution in [1.29, 1.82) is 0 Å². The van der Waals surface area contributed by atoms with Crippen LogP contribution in [0.4, 0.5) is 5.82 Å². The summed E-state index contributed by atoms with van der Waals surface area (Å²) in [6.45, 7) is 0.452. The third kappa shape index (κ3) is 2.18. The van der Waals surface area contributed by atoms with Gasteiger partial charge in [0.15, 0.2) is 0 Å². The fourth-order valence-electron chi connectivity index (χ4n) is 1.49. The van der Waals surface area contributed by atoms with Crippen molar-refractivity contribution in [3.8, 4) is 0 Å². The maximum absolute atomic E-state index is 8.99. The van der Waals surface area contributed by atoms with Crippen LogP contribution in [0, 0.1) is 0 Å². The van der Waals surface area contributed by atoms with Crippen LogP contribution in [0.15, 0.2) is 30.5 Å². The molecule has 2 rings (SSSR count). The summed E-state index contributed by atoms with van der Waals surface area (Å²) in [5, 5.41) is 13.8. The van der Waals surface area contributed by atoms with E-state index in [0.29, 0.717) is 22.9 Å². The van der Waals surface area contributed by atoms with E-state index in [2.05, 4.69) is 5.10 Å². The average molecular weight is 238 g/mol. The topological polar surface area (TPSA) is 64.1 Å². The largest absolute Gasteiger partial charge is 0.391 e. The summed E-state index contributed by atoms with van der Waals surface area (Å²) < 4.78 is 1.64. The Kier molecular flexibility index (Phi) is 3.12. The van der Waals surface area contributed by atoms with Gasteiger partial charge in [0.2, 0.25) is 0 Å². The summed E-state index contributed by atoms with van der Waals surface area (Å²) in [5.41, 5.74) is 7.47. The molecule has 0 aliphatic heterocycles. The molecule has 1 heterocycles. The fourth-order valence-corrected chi connectivity index (χ4v) is 1.70. The van der Waals surface area contributed by atoms with E-state index >= 15 is 0 Å². The predicted octanol–water partition coefficient (Wildman–Crippen LogP) is 1.66. The van der Waals surface area contributed by atoms with Crippen molar-refractivity contribution in [2.75, 3.05) is 5.73 Å². The van der Waals surface area contributed by atoms with E-state index in [1.807, 2.05) is 24.3 Å². The van der Waals surface area contributed by atoms with E-state index in [9.17, 15) is 0 Å². The third-order valence-corrected chi connectivity index (χ3v) is 2.59. The second-order valence-corrected chi connectivity index (χ2v) is 3.94. The maximum atomic E-state index is 8.99. The Labute approximate surface area is 98.3 Å². The SMILES string of the molecule is Nc1c(CO)cnn1Cc1cccc(Cl)c1. The molecular formula is C11H12ClN3O. The first kappa shape index (κ1) is 11.0. The van der Waals surface area contributed by atoms with Crippen molar-refractivity contribution in [1.82, 2.24) is 9.78 Å². The number of nitrogens with zero attached hydrogens (tertiary/aromatic N) is 2. The van der Waals surface area contributed by atoms with Crippen LogP contribution in [-0.2, 0) is 13.2 Å². The molecule has 0 aliphatic carbocycles. The lowest BCUT2D eigenvalue weighted by atomic mass is 10.2. The molecule has 0 saturated carbocycles. The van der Waals surface area contributed by atoms with Crippen molar-refractivity contribution in [3.63, 3.8) is 0 Å². The molecule has 84 valence electrons. The molecule has 5 heteroatoms.